The van der Waals surface area contributed by atoms with Crippen LogP contribution in [0.15, 0.2) is 29.9 Å². The van der Waals surface area contributed by atoms with Gasteiger partial charge < -0.3 is 5.11 Å². The number of pyridine rings is 1. The first kappa shape index (κ1) is 13.4. The Morgan fingerprint density at radius 3 is 2.76 bits per heavy atom. The summed E-state index contributed by atoms with van der Waals surface area (Å²) in [7, 11) is 0. The molecule has 0 spiro atoms. The fourth-order valence-electron chi connectivity index (χ4n) is 1.97. The molecule has 0 aliphatic rings. The van der Waals surface area contributed by atoms with Gasteiger partial charge in [-0.25, -0.2) is 14.5 Å². The van der Waals surface area contributed by atoms with Crippen LogP contribution in [0.1, 0.15) is 21.2 Å². The number of carbonyl (C=O) groups is 1. The Morgan fingerprint density at radius 2 is 2.14 bits per heavy atom. The molecule has 0 atom stereocenters. The standard InChI is InChI=1S/C13H11N5O2S/c1-8-7-21-10(15-8)6-18-12(9-2-4-14-5-3-9)11(13(19)20)16-17-18/h2-5,7H,6H2,1H3,(H,19,20). The van der Waals surface area contributed by atoms with Crippen molar-refractivity contribution in [1.82, 2.24) is 25.0 Å². The third kappa shape index (κ3) is 2.65. The molecule has 1 N–H and O–H groups in total. The summed E-state index contributed by atoms with van der Waals surface area (Å²) in [5.41, 5.74) is 2.02. The molecular weight excluding hydrogens is 290 g/mol. The van der Waals surface area contributed by atoms with Gasteiger partial charge in [0.1, 0.15) is 10.7 Å². The maximum absolute atomic E-state index is 11.3. The number of rotatable bonds is 4. The van der Waals surface area contributed by atoms with Gasteiger partial charge in [0.25, 0.3) is 0 Å². The number of carboxylic acid groups (broad SMARTS) is 1. The van der Waals surface area contributed by atoms with Gasteiger partial charge in [-0.15, -0.1) is 16.4 Å². The van der Waals surface area contributed by atoms with Crippen molar-refractivity contribution in [3.05, 3.63) is 46.3 Å². The molecule has 3 rings (SSSR count). The fourth-order valence-corrected chi connectivity index (χ4v) is 2.72. The van der Waals surface area contributed by atoms with Gasteiger partial charge in [0.05, 0.1) is 6.54 Å². The minimum Gasteiger partial charge on any atom is -0.476 e. The third-order valence-corrected chi connectivity index (χ3v) is 3.79. The van der Waals surface area contributed by atoms with E-state index in [1.165, 1.54) is 11.3 Å². The molecule has 0 radical (unpaired) electrons. The molecule has 0 saturated heterocycles. The maximum atomic E-state index is 11.3. The second-order valence-corrected chi connectivity index (χ2v) is 5.31. The van der Waals surface area contributed by atoms with Gasteiger partial charge in [-0.3, -0.25) is 4.98 Å². The molecular formula is C13H11N5O2S. The molecule has 0 aliphatic heterocycles. The second kappa shape index (κ2) is 5.41. The van der Waals surface area contributed by atoms with Gasteiger partial charge in [0.15, 0.2) is 5.69 Å². The van der Waals surface area contributed by atoms with Crippen LogP contribution in [0, 0.1) is 6.92 Å². The molecule has 3 aromatic rings. The number of carboxylic acids is 1. The lowest BCUT2D eigenvalue weighted by molar-refractivity contribution is 0.0691. The molecule has 3 aromatic heterocycles. The Bertz CT molecular complexity index is 781. The van der Waals surface area contributed by atoms with Gasteiger partial charge in [-0.05, 0) is 19.1 Å². The molecule has 3 heterocycles. The third-order valence-electron chi connectivity index (χ3n) is 2.84. The van der Waals surface area contributed by atoms with Crippen LogP contribution in [0.2, 0.25) is 0 Å². The van der Waals surface area contributed by atoms with Gasteiger partial charge >= 0.3 is 5.97 Å². The summed E-state index contributed by atoms with van der Waals surface area (Å²) in [6, 6.07) is 3.46. The first-order valence-corrected chi connectivity index (χ1v) is 7.01. The number of nitrogens with zero attached hydrogens (tertiary/aromatic N) is 5. The van der Waals surface area contributed by atoms with Crippen LogP contribution in [-0.4, -0.2) is 36.0 Å². The maximum Gasteiger partial charge on any atom is 0.358 e. The highest BCUT2D eigenvalue weighted by Crippen LogP contribution is 2.23. The van der Waals surface area contributed by atoms with Gasteiger partial charge in [0, 0.05) is 29.0 Å². The van der Waals surface area contributed by atoms with Crippen molar-refractivity contribution in [1.29, 1.82) is 0 Å². The number of aryl methyl sites for hydroxylation is 1. The first-order chi connectivity index (χ1) is 10.1. The highest BCUT2D eigenvalue weighted by Gasteiger charge is 2.21. The molecule has 21 heavy (non-hydrogen) atoms. The Labute approximate surface area is 123 Å². The zero-order chi connectivity index (χ0) is 14.8. The van der Waals surface area contributed by atoms with Crippen molar-refractivity contribution in [2.45, 2.75) is 13.5 Å². The van der Waals surface area contributed by atoms with Crippen molar-refractivity contribution >= 4 is 17.3 Å². The zero-order valence-electron chi connectivity index (χ0n) is 11.1. The number of aromatic carboxylic acids is 1. The highest BCUT2D eigenvalue weighted by atomic mass is 32.1. The monoisotopic (exact) mass is 301 g/mol. The lowest BCUT2D eigenvalue weighted by atomic mass is 10.1. The van der Waals surface area contributed by atoms with E-state index in [9.17, 15) is 9.90 Å². The summed E-state index contributed by atoms with van der Waals surface area (Å²) in [5, 5.41) is 19.8. The first-order valence-electron chi connectivity index (χ1n) is 6.13. The average molecular weight is 301 g/mol. The highest BCUT2D eigenvalue weighted by molar-refractivity contribution is 7.09. The normalized spacial score (nSPS) is 10.7. The van der Waals surface area contributed by atoms with Crippen molar-refractivity contribution in [3.63, 3.8) is 0 Å². The molecule has 0 aromatic carbocycles. The lowest BCUT2D eigenvalue weighted by Crippen LogP contribution is -2.06. The van der Waals surface area contributed by atoms with E-state index in [4.69, 9.17) is 0 Å². The zero-order valence-corrected chi connectivity index (χ0v) is 11.9. The molecule has 0 fully saturated rings. The van der Waals surface area contributed by atoms with Crippen LogP contribution < -0.4 is 0 Å². The molecule has 0 bridgehead atoms. The smallest absolute Gasteiger partial charge is 0.358 e. The summed E-state index contributed by atoms with van der Waals surface area (Å²) in [5.74, 6) is -1.11. The van der Waals surface area contributed by atoms with E-state index in [1.807, 2.05) is 12.3 Å². The molecule has 0 saturated carbocycles. The van der Waals surface area contributed by atoms with E-state index in [0.717, 1.165) is 10.7 Å². The van der Waals surface area contributed by atoms with Gasteiger partial charge in [0.2, 0.25) is 0 Å². The van der Waals surface area contributed by atoms with Crippen molar-refractivity contribution in [2.24, 2.45) is 0 Å². The quantitative estimate of drug-likeness (QED) is 0.790. The Morgan fingerprint density at radius 1 is 1.38 bits per heavy atom. The predicted molar refractivity (Wildman–Crippen MR) is 76.2 cm³/mol. The molecule has 0 aliphatic carbocycles. The fraction of sp³-hybridized carbons (Fsp3) is 0.154. The largest absolute Gasteiger partial charge is 0.476 e. The minimum atomic E-state index is -1.11. The van der Waals surface area contributed by atoms with E-state index < -0.39 is 5.97 Å². The van der Waals surface area contributed by atoms with Crippen LogP contribution in [0.25, 0.3) is 11.3 Å². The van der Waals surface area contributed by atoms with Gasteiger partial charge in [-0.2, -0.15) is 0 Å². The molecule has 106 valence electrons. The van der Waals surface area contributed by atoms with Crippen LogP contribution in [0.4, 0.5) is 0 Å². The van der Waals surface area contributed by atoms with Crippen LogP contribution in [0.3, 0.4) is 0 Å². The molecule has 0 unspecified atom stereocenters. The summed E-state index contributed by atoms with van der Waals surface area (Å²) in [4.78, 5) is 19.6. The average Bonchev–Trinajstić information content (AvgIpc) is 3.07. The van der Waals surface area contributed by atoms with Crippen LogP contribution in [-0.2, 0) is 6.54 Å². The summed E-state index contributed by atoms with van der Waals surface area (Å²) >= 11 is 1.51. The lowest BCUT2D eigenvalue weighted by Gasteiger charge is -2.05. The van der Waals surface area contributed by atoms with Crippen molar-refractivity contribution < 1.29 is 9.90 Å². The Kier molecular flexibility index (Phi) is 3.44. The van der Waals surface area contributed by atoms with Crippen molar-refractivity contribution in [3.8, 4) is 11.3 Å². The minimum absolute atomic E-state index is 0.0746. The topological polar surface area (TPSA) is 93.8 Å². The second-order valence-electron chi connectivity index (χ2n) is 4.37. The molecule has 0 amide bonds. The van der Waals surface area contributed by atoms with E-state index >= 15 is 0 Å². The number of hydrogen-bond donors (Lipinski definition) is 1. The number of thiazole rings is 1. The van der Waals surface area contributed by atoms with Crippen LogP contribution >= 0.6 is 11.3 Å². The Hall–Kier alpha value is -2.61. The summed E-state index contributed by atoms with van der Waals surface area (Å²) in [6.45, 7) is 2.30. The van der Waals surface area contributed by atoms with Crippen LogP contribution in [0.5, 0.6) is 0 Å². The van der Waals surface area contributed by atoms with E-state index in [-0.39, 0.29) is 5.69 Å². The van der Waals surface area contributed by atoms with E-state index in [1.54, 1.807) is 29.2 Å². The van der Waals surface area contributed by atoms with E-state index in [0.29, 0.717) is 17.8 Å². The van der Waals surface area contributed by atoms with Gasteiger partial charge in [-0.1, -0.05) is 5.21 Å². The van der Waals surface area contributed by atoms with E-state index in [2.05, 4.69) is 20.3 Å². The Balaban J connectivity index is 2.07. The number of aromatic nitrogens is 5. The SMILES string of the molecule is Cc1csc(Cn2nnc(C(=O)O)c2-c2ccncc2)n1. The summed E-state index contributed by atoms with van der Waals surface area (Å²) < 4.78 is 1.55. The number of hydrogen-bond acceptors (Lipinski definition) is 6. The predicted octanol–water partition coefficient (Wildman–Crippen LogP) is 1.85. The summed E-state index contributed by atoms with van der Waals surface area (Å²) in [6.07, 6.45) is 3.21. The molecule has 8 heteroatoms. The van der Waals surface area contributed by atoms with Crippen molar-refractivity contribution in [2.75, 3.05) is 0 Å². The molecule has 7 nitrogen and oxygen atoms in total.